The van der Waals surface area contributed by atoms with Gasteiger partial charge in [-0.2, -0.15) is 0 Å². The Hall–Kier alpha value is -0.830. The predicted molar refractivity (Wildman–Crippen MR) is 59.1 cm³/mol. The van der Waals surface area contributed by atoms with E-state index in [1.165, 1.54) is 5.56 Å². The summed E-state index contributed by atoms with van der Waals surface area (Å²) in [5.41, 5.74) is 1.25. The molecule has 1 fully saturated rings. The largest absolute Gasteiger partial charge is 0.356 e. The summed E-state index contributed by atoms with van der Waals surface area (Å²) in [7, 11) is 0. The van der Waals surface area contributed by atoms with Gasteiger partial charge in [-0.05, 0) is 24.0 Å². The zero-order chi connectivity index (χ0) is 9.97. The van der Waals surface area contributed by atoms with E-state index in [4.69, 9.17) is 0 Å². The Morgan fingerprint density at radius 3 is 2.86 bits per heavy atom. The highest BCUT2D eigenvalue weighted by Gasteiger charge is 2.21. The first-order valence-corrected chi connectivity index (χ1v) is 5.58. The summed E-state index contributed by atoms with van der Waals surface area (Å²) < 4.78 is 1.11. The summed E-state index contributed by atoms with van der Waals surface area (Å²) in [6, 6.07) is 8.14. The van der Waals surface area contributed by atoms with E-state index >= 15 is 0 Å². The minimum absolute atomic E-state index is 0.164. The number of carbonyl (C=O) groups excluding carboxylic acids is 1. The van der Waals surface area contributed by atoms with Crippen LogP contribution >= 0.6 is 15.9 Å². The number of nitrogens with one attached hydrogen (secondary N) is 1. The number of rotatable bonds is 1. The highest BCUT2D eigenvalue weighted by Crippen LogP contribution is 2.30. The molecule has 1 aliphatic rings. The van der Waals surface area contributed by atoms with Gasteiger partial charge in [-0.15, -0.1) is 0 Å². The summed E-state index contributed by atoms with van der Waals surface area (Å²) >= 11 is 3.52. The van der Waals surface area contributed by atoms with Gasteiger partial charge in [0.1, 0.15) is 0 Å². The Kier molecular flexibility index (Phi) is 2.87. The summed E-state index contributed by atoms with van der Waals surface area (Å²) in [4.78, 5) is 11.2. The topological polar surface area (TPSA) is 29.1 Å². The molecule has 0 radical (unpaired) electrons. The molecular formula is C11H12BrNO. The van der Waals surface area contributed by atoms with Crippen molar-refractivity contribution in [3.63, 3.8) is 0 Å². The van der Waals surface area contributed by atoms with E-state index in [0.29, 0.717) is 12.3 Å². The molecule has 0 unspecified atom stereocenters. The molecule has 0 spiro atoms. The molecule has 1 aromatic carbocycles. The maximum atomic E-state index is 11.2. The third-order valence-corrected chi connectivity index (χ3v) is 3.31. The number of carbonyl (C=O) groups is 1. The standard InChI is InChI=1S/C11H12BrNO/c12-10-4-2-1-3-9(10)8-5-6-13-11(14)7-8/h1-4,8H,5-7H2,(H,13,14)/t8-/m0/s1. The number of halogens is 1. The minimum atomic E-state index is 0.164. The highest BCUT2D eigenvalue weighted by atomic mass is 79.9. The fourth-order valence-electron chi connectivity index (χ4n) is 1.86. The fraction of sp³-hybridized carbons (Fsp3) is 0.364. The maximum Gasteiger partial charge on any atom is 0.220 e. The molecule has 1 heterocycles. The second-order valence-corrected chi connectivity index (χ2v) is 4.42. The summed E-state index contributed by atoms with van der Waals surface area (Å²) in [5, 5.41) is 2.85. The van der Waals surface area contributed by atoms with Crippen molar-refractivity contribution in [2.24, 2.45) is 0 Å². The second kappa shape index (κ2) is 4.13. The van der Waals surface area contributed by atoms with E-state index in [0.717, 1.165) is 17.4 Å². The Labute approximate surface area is 91.8 Å². The zero-order valence-corrected chi connectivity index (χ0v) is 9.38. The average molecular weight is 254 g/mol. The van der Waals surface area contributed by atoms with Crippen molar-refractivity contribution in [2.45, 2.75) is 18.8 Å². The van der Waals surface area contributed by atoms with Gasteiger partial charge in [0, 0.05) is 17.4 Å². The second-order valence-electron chi connectivity index (χ2n) is 3.56. The number of piperidine rings is 1. The molecule has 0 aromatic heterocycles. The molecule has 1 atom stereocenters. The lowest BCUT2D eigenvalue weighted by molar-refractivity contribution is -0.122. The first-order chi connectivity index (χ1) is 6.77. The van der Waals surface area contributed by atoms with Crippen LogP contribution in [0.4, 0.5) is 0 Å². The van der Waals surface area contributed by atoms with Gasteiger partial charge in [0.25, 0.3) is 0 Å². The fourth-order valence-corrected chi connectivity index (χ4v) is 2.46. The lowest BCUT2D eigenvalue weighted by Gasteiger charge is -2.23. The van der Waals surface area contributed by atoms with Crippen LogP contribution in [0.5, 0.6) is 0 Å². The van der Waals surface area contributed by atoms with Crippen molar-refractivity contribution in [3.05, 3.63) is 34.3 Å². The van der Waals surface area contributed by atoms with E-state index in [-0.39, 0.29) is 5.91 Å². The normalized spacial score (nSPS) is 21.8. The van der Waals surface area contributed by atoms with Crippen LogP contribution < -0.4 is 5.32 Å². The number of amides is 1. The smallest absolute Gasteiger partial charge is 0.220 e. The summed E-state index contributed by atoms with van der Waals surface area (Å²) in [6.45, 7) is 0.796. The highest BCUT2D eigenvalue weighted by molar-refractivity contribution is 9.10. The van der Waals surface area contributed by atoms with Crippen molar-refractivity contribution in [3.8, 4) is 0 Å². The summed E-state index contributed by atoms with van der Waals surface area (Å²) in [5.74, 6) is 0.538. The van der Waals surface area contributed by atoms with E-state index in [2.05, 4.69) is 27.3 Å². The molecule has 1 saturated heterocycles. The molecule has 74 valence electrons. The molecule has 0 saturated carbocycles. The van der Waals surface area contributed by atoms with Crippen LogP contribution in [0.2, 0.25) is 0 Å². The first-order valence-electron chi connectivity index (χ1n) is 4.78. The van der Waals surface area contributed by atoms with Crippen LogP contribution in [0.15, 0.2) is 28.7 Å². The van der Waals surface area contributed by atoms with Crippen LogP contribution in [0.1, 0.15) is 24.3 Å². The van der Waals surface area contributed by atoms with Gasteiger partial charge in [0.15, 0.2) is 0 Å². The SMILES string of the molecule is O=C1C[C@@H](c2ccccc2Br)CCN1. The monoisotopic (exact) mass is 253 g/mol. The van der Waals surface area contributed by atoms with Crippen molar-refractivity contribution >= 4 is 21.8 Å². The number of benzene rings is 1. The van der Waals surface area contributed by atoms with Crippen LogP contribution in [0, 0.1) is 0 Å². The van der Waals surface area contributed by atoms with E-state index in [1.807, 2.05) is 18.2 Å². The average Bonchev–Trinajstić information content (AvgIpc) is 2.18. The molecule has 14 heavy (non-hydrogen) atoms. The van der Waals surface area contributed by atoms with Gasteiger partial charge in [0.05, 0.1) is 0 Å². The van der Waals surface area contributed by atoms with Gasteiger partial charge in [-0.25, -0.2) is 0 Å². The predicted octanol–water partition coefficient (Wildman–Crippen LogP) is 2.44. The molecule has 2 rings (SSSR count). The van der Waals surface area contributed by atoms with E-state index < -0.39 is 0 Å². The summed E-state index contributed by atoms with van der Waals surface area (Å²) in [6.07, 6.45) is 1.65. The van der Waals surface area contributed by atoms with Gasteiger partial charge in [-0.1, -0.05) is 34.1 Å². The van der Waals surface area contributed by atoms with Gasteiger partial charge in [0.2, 0.25) is 5.91 Å². The quantitative estimate of drug-likeness (QED) is 0.819. The third-order valence-electron chi connectivity index (χ3n) is 2.59. The van der Waals surface area contributed by atoms with Crippen LogP contribution in [0.3, 0.4) is 0 Å². The van der Waals surface area contributed by atoms with Crippen molar-refractivity contribution < 1.29 is 4.79 Å². The first kappa shape index (κ1) is 9.71. The van der Waals surface area contributed by atoms with Crippen LogP contribution in [0.25, 0.3) is 0 Å². The molecule has 1 aliphatic heterocycles. The number of hydrogen-bond acceptors (Lipinski definition) is 1. The van der Waals surface area contributed by atoms with Crippen LogP contribution in [-0.4, -0.2) is 12.5 Å². The third kappa shape index (κ3) is 1.98. The number of hydrogen-bond donors (Lipinski definition) is 1. The van der Waals surface area contributed by atoms with E-state index in [1.54, 1.807) is 0 Å². The Balaban J connectivity index is 2.22. The Morgan fingerprint density at radius 2 is 2.14 bits per heavy atom. The van der Waals surface area contributed by atoms with Crippen molar-refractivity contribution in [1.82, 2.24) is 5.32 Å². The molecule has 1 aromatic rings. The van der Waals surface area contributed by atoms with Gasteiger partial charge in [-0.3, -0.25) is 4.79 Å². The zero-order valence-electron chi connectivity index (χ0n) is 7.79. The van der Waals surface area contributed by atoms with Gasteiger partial charge >= 0.3 is 0 Å². The maximum absolute atomic E-state index is 11.2. The molecule has 0 bridgehead atoms. The lowest BCUT2D eigenvalue weighted by Crippen LogP contribution is -2.32. The Morgan fingerprint density at radius 1 is 1.36 bits per heavy atom. The minimum Gasteiger partial charge on any atom is -0.356 e. The molecule has 3 heteroatoms. The van der Waals surface area contributed by atoms with Crippen molar-refractivity contribution in [2.75, 3.05) is 6.54 Å². The molecule has 2 nitrogen and oxygen atoms in total. The molecule has 1 N–H and O–H groups in total. The molecular weight excluding hydrogens is 242 g/mol. The lowest BCUT2D eigenvalue weighted by atomic mass is 9.90. The molecule has 1 amide bonds. The molecule has 0 aliphatic carbocycles. The van der Waals surface area contributed by atoms with Crippen LogP contribution in [-0.2, 0) is 4.79 Å². The Bertz CT molecular complexity index is 351. The van der Waals surface area contributed by atoms with E-state index in [9.17, 15) is 4.79 Å². The van der Waals surface area contributed by atoms with Gasteiger partial charge < -0.3 is 5.32 Å². The van der Waals surface area contributed by atoms with Crippen molar-refractivity contribution in [1.29, 1.82) is 0 Å².